The summed E-state index contributed by atoms with van der Waals surface area (Å²) in [4.78, 5) is 25.7. The van der Waals surface area contributed by atoms with Crippen LogP contribution in [0.2, 0.25) is 0 Å². The van der Waals surface area contributed by atoms with Gasteiger partial charge >= 0.3 is 0 Å². The van der Waals surface area contributed by atoms with E-state index in [9.17, 15) is 9.59 Å². The highest BCUT2D eigenvalue weighted by Gasteiger charge is 2.13. The van der Waals surface area contributed by atoms with E-state index >= 15 is 0 Å². The Kier molecular flexibility index (Phi) is 5.95. The summed E-state index contributed by atoms with van der Waals surface area (Å²) in [5.74, 6) is 0.520. The van der Waals surface area contributed by atoms with Crippen LogP contribution in [0.3, 0.4) is 0 Å². The van der Waals surface area contributed by atoms with Crippen molar-refractivity contribution >= 4 is 17.5 Å². The number of rotatable bonds is 6. The average Bonchev–Trinajstić information content (AvgIpc) is 2.59. The first-order chi connectivity index (χ1) is 11.5. The van der Waals surface area contributed by atoms with Gasteiger partial charge in [0.1, 0.15) is 5.75 Å². The van der Waals surface area contributed by atoms with E-state index in [4.69, 9.17) is 4.74 Å². The number of aryl methyl sites for hydroxylation is 1. The van der Waals surface area contributed by atoms with Crippen LogP contribution in [0.25, 0.3) is 0 Å². The van der Waals surface area contributed by atoms with Gasteiger partial charge in [0.05, 0.1) is 7.11 Å². The first kappa shape index (κ1) is 17.5. The van der Waals surface area contributed by atoms with Gasteiger partial charge in [-0.3, -0.25) is 9.59 Å². The van der Waals surface area contributed by atoms with Crippen molar-refractivity contribution in [2.75, 3.05) is 25.1 Å². The highest BCUT2D eigenvalue weighted by molar-refractivity contribution is 5.96. The molecule has 2 aromatic carbocycles. The molecule has 0 saturated heterocycles. The third-order valence-corrected chi connectivity index (χ3v) is 3.77. The van der Waals surface area contributed by atoms with Crippen LogP contribution in [0.15, 0.2) is 48.5 Å². The molecule has 0 aliphatic carbocycles. The molecule has 0 aliphatic heterocycles. The van der Waals surface area contributed by atoms with Crippen molar-refractivity contribution in [3.63, 3.8) is 0 Å². The maximum atomic E-state index is 12.2. The highest BCUT2D eigenvalue weighted by Crippen LogP contribution is 2.19. The Balaban J connectivity index is 1.98. The van der Waals surface area contributed by atoms with Crippen LogP contribution in [-0.4, -0.2) is 32.0 Å². The molecular weight excluding hydrogens is 304 g/mol. The third kappa shape index (κ3) is 4.35. The SMILES string of the molecule is COc1ccc(N(CCNC(=O)c2ccccc2C)C(C)=O)cc1. The summed E-state index contributed by atoms with van der Waals surface area (Å²) >= 11 is 0. The fourth-order valence-electron chi connectivity index (χ4n) is 2.43. The van der Waals surface area contributed by atoms with Gasteiger partial charge in [-0.15, -0.1) is 0 Å². The van der Waals surface area contributed by atoms with Gasteiger partial charge in [-0.25, -0.2) is 0 Å². The monoisotopic (exact) mass is 326 g/mol. The zero-order chi connectivity index (χ0) is 17.5. The van der Waals surface area contributed by atoms with Crippen LogP contribution in [0, 0.1) is 6.92 Å². The predicted molar refractivity (Wildman–Crippen MR) is 94.5 cm³/mol. The lowest BCUT2D eigenvalue weighted by molar-refractivity contribution is -0.116. The lowest BCUT2D eigenvalue weighted by Gasteiger charge is -2.21. The van der Waals surface area contributed by atoms with Crippen molar-refractivity contribution < 1.29 is 14.3 Å². The summed E-state index contributed by atoms with van der Waals surface area (Å²) in [5, 5.41) is 2.86. The first-order valence-corrected chi connectivity index (χ1v) is 7.79. The van der Waals surface area contributed by atoms with Crippen LogP contribution < -0.4 is 15.0 Å². The Hall–Kier alpha value is -2.82. The summed E-state index contributed by atoms with van der Waals surface area (Å²) in [6.07, 6.45) is 0. The molecule has 1 N–H and O–H groups in total. The van der Waals surface area contributed by atoms with Gasteiger partial charge in [0.15, 0.2) is 0 Å². The molecule has 24 heavy (non-hydrogen) atoms. The molecule has 0 spiro atoms. The van der Waals surface area contributed by atoms with Gasteiger partial charge in [0.25, 0.3) is 5.91 Å². The number of anilines is 1. The molecule has 0 aromatic heterocycles. The largest absolute Gasteiger partial charge is 0.497 e. The molecule has 5 heteroatoms. The molecule has 0 saturated carbocycles. The third-order valence-electron chi connectivity index (χ3n) is 3.77. The molecule has 0 fully saturated rings. The number of ether oxygens (including phenoxy) is 1. The molecule has 0 unspecified atom stereocenters. The summed E-state index contributed by atoms with van der Waals surface area (Å²) in [6, 6.07) is 14.7. The Morgan fingerprint density at radius 1 is 1.08 bits per heavy atom. The maximum absolute atomic E-state index is 12.2. The summed E-state index contributed by atoms with van der Waals surface area (Å²) in [7, 11) is 1.60. The van der Waals surface area contributed by atoms with Gasteiger partial charge in [-0.05, 0) is 42.8 Å². The van der Waals surface area contributed by atoms with Gasteiger partial charge in [-0.1, -0.05) is 18.2 Å². The van der Waals surface area contributed by atoms with Gasteiger partial charge < -0.3 is 15.0 Å². The topological polar surface area (TPSA) is 58.6 Å². The Labute approximate surface area is 142 Å². The second-order valence-electron chi connectivity index (χ2n) is 5.44. The molecule has 0 heterocycles. The van der Waals surface area contributed by atoms with E-state index in [1.165, 1.54) is 6.92 Å². The first-order valence-electron chi connectivity index (χ1n) is 7.79. The van der Waals surface area contributed by atoms with Crippen LogP contribution in [0.5, 0.6) is 5.75 Å². The summed E-state index contributed by atoms with van der Waals surface area (Å²) < 4.78 is 5.12. The number of methoxy groups -OCH3 is 1. The highest BCUT2D eigenvalue weighted by atomic mass is 16.5. The van der Waals surface area contributed by atoms with Crippen molar-refractivity contribution in [1.29, 1.82) is 0 Å². The van der Waals surface area contributed by atoms with Crippen molar-refractivity contribution in [3.05, 3.63) is 59.7 Å². The van der Waals surface area contributed by atoms with E-state index in [0.717, 1.165) is 17.0 Å². The van der Waals surface area contributed by atoms with Crippen LogP contribution in [-0.2, 0) is 4.79 Å². The van der Waals surface area contributed by atoms with E-state index in [2.05, 4.69) is 5.32 Å². The zero-order valence-corrected chi connectivity index (χ0v) is 14.2. The second kappa shape index (κ2) is 8.15. The molecular formula is C19H22N2O3. The van der Waals surface area contributed by atoms with E-state index in [-0.39, 0.29) is 11.8 Å². The molecule has 2 aromatic rings. The van der Waals surface area contributed by atoms with Crippen LogP contribution in [0.4, 0.5) is 5.69 Å². The minimum atomic E-state index is -0.133. The summed E-state index contributed by atoms with van der Waals surface area (Å²) in [5.41, 5.74) is 2.35. The number of benzene rings is 2. The molecule has 0 radical (unpaired) electrons. The Morgan fingerprint density at radius 2 is 1.75 bits per heavy atom. The van der Waals surface area contributed by atoms with E-state index in [1.807, 2.05) is 37.3 Å². The smallest absolute Gasteiger partial charge is 0.251 e. The normalized spacial score (nSPS) is 10.1. The molecule has 0 aliphatic rings. The quantitative estimate of drug-likeness (QED) is 0.888. The lowest BCUT2D eigenvalue weighted by Crippen LogP contribution is -2.37. The predicted octanol–water partition coefficient (Wildman–Crippen LogP) is 2.79. The van der Waals surface area contributed by atoms with Gasteiger partial charge in [0, 0.05) is 31.3 Å². The van der Waals surface area contributed by atoms with Crippen molar-refractivity contribution in [1.82, 2.24) is 5.32 Å². The van der Waals surface area contributed by atoms with Gasteiger partial charge in [-0.2, -0.15) is 0 Å². The maximum Gasteiger partial charge on any atom is 0.251 e. The number of hydrogen-bond acceptors (Lipinski definition) is 3. The molecule has 2 amide bonds. The molecule has 2 rings (SSSR count). The molecule has 5 nitrogen and oxygen atoms in total. The van der Waals surface area contributed by atoms with E-state index < -0.39 is 0 Å². The molecule has 0 bridgehead atoms. The van der Waals surface area contributed by atoms with Crippen molar-refractivity contribution in [2.45, 2.75) is 13.8 Å². The number of nitrogens with one attached hydrogen (secondary N) is 1. The number of hydrogen-bond donors (Lipinski definition) is 1. The van der Waals surface area contributed by atoms with Crippen LogP contribution in [0.1, 0.15) is 22.8 Å². The zero-order valence-electron chi connectivity index (χ0n) is 14.2. The minimum absolute atomic E-state index is 0.0784. The summed E-state index contributed by atoms with van der Waals surface area (Å²) in [6.45, 7) is 4.18. The average molecular weight is 326 g/mol. The minimum Gasteiger partial charge on any atom is -0.497 e. The van der Waals surface area contributed by atoms with Crippen molar-refractivity contribution in [3.8, 4) is 5.75 Å². The number of amides is 2. The molecule has 0 atom stereocenters. The van der Waals surface area contributed by atoms with E-state index in [0.29, 0.717) is 18.7 Å². The Morgan fingerprint density at radius 3 is 2.33 bits per heavy atom. The fraction of sp³-hybridized carbons (Fsp3) is 0.263. The Bertz CT molecular complexity index is 711. The van der Waals surface area contributed by atoms with Gasteiger partial charge in [0.2, 0.25) is 5.91 Å². The van der Waals surface area contributed by atoms with Crippen molar-refractivity contribution in [2.24, 2.45) is 0 Å². The number of carbonyl (C=O) groups is 2. The fourth-order valence-corrected chi connectivity index (χ4v) is 2.43. The standard InChI is InChI=1S/C19H22N2O3/c1-14-6-4-5-7-18(14)19(23)20-12-13-21(15(2)22)16-8-10-17(24-3)11-9-16/h4-11H,12-13H2,1-3H3,(H,20,23). The number of nitrogens with zero attached hydrogens (tertiary/aromatic N) is 1. The second-order valence-corrected chi connectivity index (χ2v) is 5.44. The van der Waals surface area contributed by atoms with Crippen LogP contribution >= 0.6 is 0 Å². The van der Waals surface area contributed by atoms with E-state index in [1.54, 1.807) is 30.2 Å². The molecule has 126 valence electrons. The number of carbonyl (C=O) groups excluding carboxylic acids is 2. The lowest BCUT2D eigenvalue weighted by atomic mass is 10.1.